The lowest BCUT2D eigenvalue weighted by molar-refractivity contribution is -0.131. The summed E-state index contributed by atoms with van der Waals surface area (Å²) in [6.07, 6.45) is 0.729. The smallest absolute Gasteiger partial charge is 0.276 e. The SMILES string of the molecule is O=C(COc1ccccc1-c1ccccc1)NNC(=O)[C@@H]1CCC(=O)N1. The van der Waals surface area contributed by atoms with E-state index in [4.69, 9.17) is 4.74 Å². The molecule has 7 heteroatoms. The predicted molar refractivity (Wildman–Crippen MR) is 94.8 cm³/mol. The van der Waals surface area contributed by atoms with Gasteiger partial charge in [-0.2, -0.15) is 0 Å². The second-order valence-corrected chi connectivity index (χ2v) is 5.85. The molecule has 0 aromatic heterocycles. The zero-order chi connectivity index (χ0) is 18.4. The average molecular weight is 353 g/mol. The van der Waals surface area contributed by atoms with Gasteiger partial charge < -0.3 is 10.1 Å². The van der Waals surface area contributed by atoms with Crippen molar-refractivity contribution in [1.82, 2.24) is 16.2 Å². The molecule has 1 fully saturated rings. The molecule has 1 atom stereocenters. The van der Waals surface area contributed by atoms with Crippen molar-refractivity contribution in [3.8, 4) is 16.9 Å². The lowest BCUT2D eigenvalue weighted by Gasteiger charge is -2.13. The number of nitrogens with one attached hydrogen (secondary N) is 3. The van der Waals surface area contributed by atoms with E-state index in [1.807, 2.05) is 48.5 Å². The van der Waals surface area contributed by atoms with E-state index in [0.717, 1.165) is 11.1 Å². The van der Waals surface area contributed by atoms with Crippen LogP contribution in [0.5, 0.6) is 5.75 Å². The fourth-order valence-corrected chi connectivity index (χ4v) is 2.66. The van der Waals surface area contributed by atoms with Crippen LogP contribution in [-0.4, -0.2) is 30.4 Å². The number of amides is 3. The Morgan fingerprint density at radius 2 is 1.77 bits per heavy atom. The molecule has 0 saturated carbocycles. The average Bonchev–Trinajstić information content (AvgIpc) is 3.12. The molecule has 3 amide bonds. The second-order valence-electron chi connectivity index (χ2n) is 5.85. The standard InChI is InChI=1S/C19H19N3O4/c23-17-11-10-15(20-17)19(25)22-21-18(24)12-26-16-9-5-4-8-14(16)13-6-2-1-3-7-13/h1-9,15H,10-12H2,(H,20,23)(H,21,24)(H,22,25)/t15-/m0/s1. The van der Waals surface area contributed by atoms with Crippen molar-refractivity contribution in [1.29, 1.82) is 0 Å². The van der Waals surface area contributed by atoms with E-state index in [0.29, 0.717) is 18.6 Å². The van der Waals surface area contributed by atoms with Crippen LogP contribution >= 0.6 is 0 Å². The third kappa shape index (κ3) is 4.38. The number of benzene rings is 2. The third-order valence-electron chi connectivity index (χ3n) is 3.97. The summed E-state index contributed by atoms with van der Waals surface area (Å²) >= 11 is 0. The van der Waals surface area contributed by atoms with E-state index in [2.05, 4.69) is 16.2 Å². The Balaban J connectivity index is 1.52. The first-order valence-electron chi connectivity index (χ1n) is 8.29. The summed E-state index contributed by atoms with van der Waals surface area (Å²) in [5.74, 6) is -0.542. The first-order valence-corrected chi connectivity index (χ1v) is 8.29. The van der Waals surface area contributed by atoms with Gasteiger partial charge in [0, 0.05) is 12.0 Å². The van der Waals surface area contributed by atoms with E-state index < -0.39 is 17.9 Å². The molecule has 1 aliphatic heterocycles. The van der Waals surface area contributed by atoms with Gasteiger partial charge >= 0.3 is 0 Å². The van der Waals surface area contributed by atoms with Crippen LogP contribution in [0.1, 0.15) is 12.8 Å². The number of hydrazine groups is 1. The number of hydrogen-bond acceptors (Lipinski definition) is 4. The Bertz CT molecular complexity index is 807. The summed E-state index contributed by atoms with van der Waals surface area (Å²) in [4.78, 5) is 34.8. The Morgan fingerprint density at radius 1 is 1.04 bits per heavy atom. The van der Waals surface area contributed by atoms with Crippen molar-refractivity contribution < 1.29 is 19.1 Å². The van der Waals surface area contributed by atoms with Crippen LogP contribution in [0.15, 0.2) is 54.6 Å². The molecular formula is C19H19N3O4. The van der Waals surface area contributed by atoms with Crippen molar-refractivity contribution >= 4 is 17.7 Å². The Hall–Kier alpha value is -3.35. The largest absolute Gasteiger partial charge is 0.483 e. The Morgan fingerprint density at radius 3 is 2.50 bits per heavy atom. The highest BCUT2D eigenvalue weighted by Crippen LogP contribution is 2.29. The van der Waals surface area contributed by atoms with Gasteiger partial charge in [0.05, 0.1) is 0 Å². The van der Waals surface area contributed by atoms with Gasteiger partial charge in [0.15, 0.2) is 6.61 Å². The molecule has 1 heterocycles. The lowest BCUT2D eigenvalue weighted by atomic mass is 10.1. The summed E-state index contributed by atoms with van der Waals surface area (Å²) < 4.78 is 5.60. The van der Waals surface area contributed by atoms with Gasteiger partial charge in [-0.1, -0.05) is 48.5 Å². The maximum Gasteiger partial charge on any atom is 0.276 e. The highest BCUT2D eigenvalue weighted by Gasteiger charge is 2.27. The first-order chi connectivity index (χ1) is 12.6. The molecule has 2 aromatic rings. The minimum atomic E-state index is -0.609. The summed E-state index contributed by atoms with van der Waals surface area (Å²) in [6, 6.07) is 16.5. The van der Waals surface area contributed by atoms with Gasteiger partial charge in [0.1, 0.15) is 11.8 Å². The summed E-state index contributed by atoms with van der Waals surface area (Å²) in [7, 11) is 0. The first kappa shape index (κ1) is 17.5. The maximum absolute atomic E-state index is 11.9. The van der Waals surface area contributed by atoms with Crippen molar-refractivity contribution in [2.45, 2.75) is 18.9 Å². The molecule has 26 heavy (non-hydrogen) atoms. The monoisotopic (exact) mass is 353 g/mol. The number of rotatable bonds is 5. The molecule has 1 saturated heterocycles. The molecular weight excluding hydrogens is 334 g/mol. The van der Waals surface area contributed by atoms with Crippen LogP contribution in [0.4, 0.5) is 0 Å². The zero-order valence-corrected chi connectivity index (χ0v) is 14.0. The van der Waals surface area contributed by atoms with E-state index in [1.54, 1.807) is 6.07 Å². The fourth-order valence-electron chi connectivity index (χ4n) is 2.66. The van der Waals surface area contributed by atoms with Gasteiger partial charge in [-0.25, -0.2) is 0 Å². The summed E-state index contributed by atoms with van der Waals surface area (Å²) in [6.45, 7) is -0.249. The zero-order valence-electron chi connectivity index (χ0n) is 14.0. The van der Waals surface area contributed by atoms with Crippen molar-refractivity contribution in [2.75, 3.05) is 6.61 Å². The minimum absolute atomic E-state index is 0.169. The minimum Gasteiger partial charge on any atom is -0.483 e. The highest BCUT2D eigenvalue weighted by atomic mass is 16.5. The number of para-hydroxylation sites is 1. The third-order valence-corrected chi connectivity index (χ3v) is 3.97. The van der Waals surface area contributed by atoms with Crippen molar-refractivity contribution in [3.63, 3.8) is 0 Å². The normalized spacial score (nSPS) is 15.8. The van der Waals surface area contributed by atoms with Crippen LogP contribution in [0, 0.1) is 0 Å². The van der Waals surface area contributed by atoms with E-state index >= 15 is 0 Å². The van der Waals surface area contributed by atoms with Crippen LogP contribution in [0.2, 0.25) is 0 Å². The molecule has 7 nitrogen and oxygen atoms in total. The molecule has 0 spiro atoms. The van der Waals surface area contributed by atoms with Crippen LogP contribution in [-0.2, 0) is 14.4 Å². The number of carbonyl (C=O) groups is 3. The van der Waals surface area contributed by atoms with Gasteiger partial charge in [-0.05, 0) is 18.1 Å². The predicted octanol–water partition coefficient (Wildman–Crippen LogP) is 1.16. The molecule has 3 rings (SSSR count). The van der Waals surface area contributed by atoms with E-state index in [1.165, 1.54) is 0 Å². The number of hydrogen-bond donors (Lipinski definition) is 3. The quantitative estimate of drug-likeness (QED) is 0.703. The van der Waals surface area contributed by atoms with Gasteiger partial charge in [0.25, 0.3) is 11.8 Å². The molecule has 3 N–H and O–H groups in total. The lowest BCUT2D eigenvalue weighted by Crippen LogP contribution is -2.50. The Kier molecular flexibility index (Phi) is 5.48. The Labute approximate surface area is 150 Å². The van der Waals surface area contributed by atoms with Gasteiger partial charge in [-0.3, -0.25) is 25.2 Å². The number of ether oxygens (including phenoxy) is 1. The maximum atomic E-state index is 11.9. The molecule has 0 unspecified atom stereocenters. The molecule has 0 aliphatic carbocycles. The van der Waals surface area contributed by atoms with E-state index in [9.17, 15) is 14.4 Å². The molecule has 1 aliphatic rings. The van der Waals surface area contributed by atoms with Crippen molar-refractivity contribution in [2.24, 2.45) is 0 Å². The van der Waals surface area contributed by atoms with E-state index in [-0.39, 0.29) is 12.5 Å². The number of carbonyl (C=O) groups excluding carboxylic acids is 3. The summed E-state index contributed by atoms with van der Waals surface area (Å²) in [5.41, 5.74) is 6.44. The fraction of sp³-hybridized carbons (Fsp3) is 0.211. The molecule has 0 bridgehead atoms. The van der Waals surface area contributed by atoms with Crippen LogP contribution < -0.4 is 20.9 Å². The van der Waals surface area contributed by atoms with Gasteiger partial charge in [0.2, 0.25) is 5.91 Å². The highest BCUT2D eigenvalue weighted by molar-refractivity contribution is 5.92. The van der Waals surface area contributed by atoms with Crippen molar-refractivity contribution in [3.05, 3.63) is 54.6 Å². The van der Waals surface area contributed by atoms with Gasteiger partial charge in [-0.15, -0.1) is 0 Å². The molecule has 2 aromatic carbocycles. The molecule has 0 radical (unpaired) electrons. The van der Waals surface area contributed by atoms with Crippen LogP contribution in [0.3, 0.4) is 0 Å². The second kappa shape index (κ2) is 8.15. The van der Waals surface area contributed by atoms with Crippen LogP contribution in [0.25, 0.3) is 11.1 Å². The summed E-state index contributed by atoms with van der Waals surface area (Å²) in [5, 5.41) is 2.53. The molecule has 134 valence electrons. The topological polar surface area (TPSA) is 96.5 Å².